The first-order valence-corrected chi connectivity index (χ1v) is 6.59. The van der Waals surface area contributed by atoms with E-state index in [9.17, 15) is 4.79 Å². The molecule has 0 aromatic heterocycles. The van der Waals surface area contributed by atoms with Crippen LogP contribution in [-0.4, -0.2) is 23.1 Å². The maximum absolute atomic E-state index is 11.8. The summed E-state index contributed by atoms with van der Waals surface area (Å²) in [5.74, 6) is 0.710. The van der Waals surface area contributed by atoms with Gasteiger partial charge < -0.3 is 0 Å². The molecule has 0 saturated carbocycles. The molecule has 0 fully saturated rings. The van der Waals surface area contributed by atoms with Crippen molar-refractivity contribution in [2.75, 3.05) is 12.3 Å². The second-order valence-corrected chi connectivity index (χ2v) is 4.86. The van der Waals surface area contributed by atoms with Gasteiger partial charge in [-0.1, -0.05) is 30.3 Å². The highest BCUT2D eigenvalue weighted by Gasteiger charge is 2.10. The van der Waals surface area contributed by atoms with E-state index in [2.05, 4.69) is 4.99 Å². The molecule has 0 bridgehead atoms. The first-order valence-electron chi connectivity index (χ1n) is 5.60. The van der Waals surface area contributed by atoms with Gasteiger partial charge in [0.25, 0.3) is 0 Å². The second-order valence-electron chi connectivity index (χ2n) is 3.81. The van der Waals surface area contributed by atoms with Gasteiger partial charge in [0.15, 0.2) is 5.78 Å². The minimum atomic E-state index is 0. The molecule has 1 aromatic carbocycles. The predicted octanol–water partition coefficient (Wildman–Crippen LogP) is 3.76. The molecule has 0 radical (unpaired) electrons. The Morgan fingerprint density at radius 1 is 1.24 bits per heavy atom. The van der Waals surface area contributed by atoms with Crippen molar-refractivity contribution in [2.24, 2.45) is 4.99 Å². The van der Waals surface area contributed by atoms with E-state index in [-0.39, 0.29) is 22.8 Å². The zero-order valence-corrected chi connectivity index (χ0v) is 12.1. The standard InChI is InChI=1S/C13H15NOS.BrH/c15-12(11-6-2-1-3-7-11)10-16-13-8-4-5-9-14-13;/h1-3,6-7H,4-5,8-10H2;1H. The average molecular weight is 314 g/mol. The lowest BCUT2D eigenvalue weighted by Gasteiger charge is -2.10. The number of hydrogen-bond acceptors (Lipinski definition) is 3. The van der Waals surface area contributed by atoms with E-state index in [4.69, 9.17) is 0 Å². The molecule has 2 nitrogen and oxygen atoms in total. The molecule has 0 amide bonds. The summed E-state index contributed by atoms with van der Waals surface area (Å²) in [4.78, 5) is 16.2. The summed E-state index contributed by atoms with van der Waals surface area (Å²) < 4.78 is 0. The molecule has 0 unspecified atom stereocenters. The largest absolute Gasteiger partial charge is 0.293 e. The van der Waals surface area contributed by atoms with Gasteiger partial charge in [-0.05, 0) is 19.3 Å². The Balaban J connectivity index is 0.00000144. The van der Waals surface area contributed by atoms with Gasteiger partial charge in [-0.25, -0.2) is 0 Å². The van der Waals surface area contributed by atoms with Gasteiger partial charge in [0.1, 0.15) is 0 Å². The number of benzene rings is 1. The minimum Gasteiger partial charge on any atom is -0.293 e. The third kappa shape index (κ3) is 4.64. The molecular weight excluding hydrogens is 298 g/mol. The molecule has 0 N–H and O–H groups in total. The summed E-state index contributed by atoms with van der Waals surface area (Å²) >= 11 is 1.60. The van der Waals surface area contributed by atoms with Crippen LogP contribution in [0, 0.1) is 0 Å². The predicted molar refractivity (Wildman–Crippen MR) is 79.7 cm³/mol. The summed E-state index contributed by atoms with van der Waals surface area (Å²) in [5, 5.41) is 1.15. The third-order valence-electron chi connectivity index (χ3n) is 2.55. The molecule has 1 aromatic rings. The summed E-state index contributed by atoms with van der Waals surface area (Å²) in [7, 11) is 0. The van der Waals surface area contributed by atoms with Crippen molar-refractivity contribution in [3.63, 3.8) is 0 Å². The Kier molecular flexibility index (Phi) is 6.52. The van der Waals surface area contributed by atoms with E-state index in [1.165, 1.54) is 12.8 Å². The maximum atomic E-state index is 11.8. The van der Waals surface area contributed by atoms with Gasteiger partial charge in [0, 0.05) is 12.1 Å². The number of Topliss-reactive ketones (excluding diaryl/α,β-unsaturated/α-hetero) is 1. The van der Waals surface area contributed by atoms with Crippen molar-refractivity contribution in [3.8, 4) is 0 Å². The highest BCUT2D eigenvalue weighted by Crippen LogP contribution is 2.17. The second kappa shape index (κ2) is 7.67. The number of rotatable bonds is 3. The van der Waals surface area contributed by atoms with Gasteiger partial charge in [-0.2, -0.15) is 0 Å². The summed E-state index contributed by atoms with van der Waals surface area (Å²) in [6.45, 7) is 0.932. The molecule has 4 heteroatoms. The molecule has 0 saturated heterocycles. The van der Waals surface area contributed by atoms with E-state index in [1.807, 2.05) is 30.3 Å². The number of nitrogens with zero attached hydrogens (tertiary/aromatic N) is 1. The molecule has 92 valence electrons. The first-order chi connectivity index (χ1) is 7.86. The number of hydrogen-bond donors (Lipinski definition) is 0. The van der Waals surface area contributed by atoms with Crippen LogP contribution in [-0.2, 0) is 0 Å². The molecule has 0 atom stereocenters. The number of carbonyl (C=O) groups excluding carboxylic acids is 1. The van der Waals surface area contributed by atoms with Crippen molar-refractivity contribution in [1.29, 1.82) is 0 Å². The van der Waals surface area contributed by atoms with Gasteiger partial charge in [0.2, 0.25) is 0 Å². The fourth-order valence-corrected chi connectivity index (χ4v) is 2.58. The van der Waals surface area contributed by atoms with Gasteiger partial charge >= 0.3 is 0 Å². The number of halogens is 1. The Morgan fingerprint density at radius 2 is 2.00 bits per heavy atom. The highest BCUT2D eigenvalue weighted by atomic mass is 79.9. The molecular formula is C13H16BrNOS. The number of carbonyl (C=O) groups is 1. The van der Waals surface area contributed by atoms with Crippen LogP contribution >= 0.6 is 28.7 Å². The zero-order chi connectivity index (χ0) is 11.2. The van der Waals surface area contributed by atoms with Crippen LogP contribution in [0.4, 0.5) is 0 Å². The third-order valence-corrected chi connectivity index (χ3v) is 3.63. The van der Waals surface area contributed by atoms with Gasteiger partial charge in [-0.15, -0.1) is 28.7 Å². The normalized spacial score (nSPS) is 14.7. The van der Waals surface area contributed by atoms with E-state index in [1.54, 1.807) is 11.8 Å². The fraction of sp³-hybridized carbons (Fsp3) is 0.385. The Bertz CT molecular complexity index is 392. The van der Waals surface area contributed by atoms with Crippen molar-refractivity contribution < 1.29 is 4.79 Å². The van der Waals surface area contributed by atoms with E-state index < -0.39 is 0 Å². The van der Waals surface area contributed by atoms with E-state index in [0.29, 0.717) is 5.75 Å². The van der Waals surface area contributed by atoms with Crippen molar-refractivity contribution in [2.45, 2.75) is 19.3 Å². The lowest BCUT2D eigenvalue weighted by Crippen LogP contribution is -2.08. The number of ketones is 1. The highest BCUT2D eigenvalue weighted by molar-refractivity contribution is 8.93. The van der Waals surface area contributed by atoms with Gasteiger partial charge in [-0.3, -0.25) is 9.79 Å². The molecule has 1 heterocycles. The van der Waals surface area contributed by atoms with Gasteiger partial charge in [0.05, 0.1) is 10.8 Å². The molecule has 2 rings (SSSR count). The average Bonchev–Trinajstić information content (AvgIpc) is 2.38. The first kappa shape index (κ1) is 14.5. The molecule has 1 aliphatic heterocycles. The molecule has 0 aliphatic carbocycles. The van der Waals surface area contributed by atoms with Crippen LogP contribution in [0.2, 0.25) is 0 Å². The van der Waals surface area contributed by atoms with Crippen molar-refractivity contribution >= 4 is 39.6 Å². The topological polar surface area (TPSA) is 29.4 Å². The Morgan fingerprint density at radius 3 is 2.65 bits per heavy atom. The van der Waals surface area contributed by atoms with Crippen LogP contribution in [0.25, 0.3) is 0 Å². The Hall–Kier alpha value is -0.610. The summed E-state index contributed by atoms with van der Waals surface area (Å²) in [6.07, 6.45) is 3.45. The fourth-order valence-electron chi connectivity index (χ4n) is 1.64. The zero-order valence-electron chi connectivity index (χ0n) is 9.59. The van der Waals surface area contributed by atoms with Crippen LogP contribution in [0.1, 0.15) is 29.6 Å². The van der Waals surface area contributed by atoms with Crippen molar-refractivity contribution in [1.82, 2.24) is 0 Å². The summed E-state index contributed by atoms with van der Waals surface area (Å²) in [5.41, 5.74) is 0.798. The smallest absolute Gasteiger partial charge is 0.173 e. The van der Waals surface area contributed by atoms with Crippen LogP contribution < -0.4 is 0 Å². The Labute approximate surface area is 117 Å². The quantitative estimate of drug-likeness (QED) is 0.795. The lowest BCUT2D eigenvalue weighted by molar-refractivity contribution is 0.102. The van der Waals surface area contributed by atoms with E-state index in [0.717, 1.165) is 23.6 Å². The SMILES string of the molecule is Br.O=C(CSC1=NCCCC1)c1ccccc1. The van der Waals surface area contributed by atoms with Crippen molar-refractivity contribution in [3.05, 3.63) is 35.9 Å². The van der Waals surface area contributed by atoms with Crippen LogP contribution in [0.5, 0.6) is 0 Å². The molecule has 17 heavy (non-hydrogen) atoms. The minimum absolute atomic E-state index is 0. The number of thioether (sulfide) groups is 1. The summed E-state index contributed by atoms with van der Waals surface area (Å²) in [6, 6.07) is 9.46. The molecule has 0 spiro atoms. The number of aliphatic imine (C=N–C) groups is 1. The van der Waals surface area contributed by atoms with E-state index >= 15 is 0 Å². The monoisotopic (exact) mass is 313 g/mol. The molecule has 1 aliphatic rings. The lowest BCUT2D eigenvalue weighted by atomic mass is 10.2. The maximum Gasteiger partial charge on any atom is 0.173 e. The van der Waals surface area contributed by atoms with Crippen LogP contribution in [0.3, 0.4) is 0 Å². The van der Waals surface area contributed by atoms with Crippen LogP contribution in [0.15, 0.2) is 35.3 Å².